The van der Waals surface area contributed by atoms with E-state index in [0.717, 1.165) is 42.2 Å². The standard InChI is InChI=1S/C14H21N3O3/c1-3-20-14(19)10-17-13(18)8-12(9-15-17)16-6-4-11(2)5-7-16/h8-9,11H,3-7,10H2,1-2H3. The zero-order valence-electron chi connectivity index (χ0n) is 12.0. The molecule has 1 aliphatic heterocycles. The number of esters is 1. The van der Waals surface area contributed by atoms with Crippen LogP contribution >= 0.6 is 0 Å². The zero-order chi connectivity index (χ0) is 14.5. The van der Waals surface area contributed by atoms with Crippen molar-refractivity contribution in [2.75, 3.05) is 24.6 Å². The van der Waals surface area contributed by atoms with E-state index in [4.69, 9.17) is 4.74 Å². The van der Waals surface area contributed by atoms with Crippen molar-refractivity contribution in [2.24, 2.45) is 5.92 Å². The van der Waals surface area contributed by atoms with E-state index in [0.29, 0.717) is 6.61 Å². The average molecular weight is 279 g/mol. The first kappa shape index (κ1) is 14.6. The van der Waals surface area contributed by atoms with Crippen molar-refractivity contribution < 1.29 is 9.53 Å². The number of rotatable bonds is 4. The Kier molecular flexibility index (Phi) is 4.76. The van der Waals surface area contributed by atoms with Gasteiger partial charge in [0.05, 0.1) is 18.5 Å². The predicted octanol–water partition coefficient (Wildman–Crippen LogP) is 1.04. The molecule has 110 valence electrons. The van der Waals surface area contributed by atoms with Crippen molar-refractivity contribution in [3.63, 3.8) is 0 Å². The van der Waals surface area contributed by atoms with Crippen LogP contribution in [0.3, 0.4) is 0 Å². The monoisotopic (exact) mass is 279 g/mol. The highest BCUT2D eigenvalue weighted by Crippen LogP contribution is 2.20. The molecule has 1 fully saturated rings. The Bertz CT molecular complexity index is 519. The van der Waals surface area contributed by atoms with Gasteiger partial charge in [0, 0.05) is 19.2 Å². The quantitative estimate of drug-likeness (QED) is 0.771. The summed E-state index contributed by atoms with van der Waals surface area (Å²) in [6.45, 7) is 6.04. The second-order valence-electron chi connectivity index (χ2n) is 5.18. The number of ether oxygens (including phenoxy) is 1. The molecule has 0 N–H and O–H groups in total. The highest BCUT2D eigenvalue weighted by molar-refractivity contribution is 5.69. The fourth-order valence-electron chi connectivity index (χ4n) is 2.31. The lowest BCUT2D eigenvalue weighted by molar-refractivity contribution is -0.144. The molecule has 0 saturated carbocycles. The highest BCUT2D eigenvalue weighted by atomic mass is 16.5. The summed E-state index contributed by atoms with van der Waals surface area (Å²) in [7, 11) is 0. The van der Waals surface area contributed by atoms with Gasteiger partial charge in [0.2, 0.25) is 0 Å². The van der Waals surface area contributed by atoms with Crippen molar-refractivity contribution in [3.8, 4) is 0 Å². The number of nitrogens with zero attached hydrogens (tertiary/aromatic N) is 3. The molecule has 2 heterocycles. The van der Waals surface area contributed by atoms with Gasteiger partial charge in [-0.3, -0.25) is 9.59 Å². The lowest BCUT2D eigenvalue weighted by Crippen LogP contribution is -2.35. The molecule has 0 aromatic carbocycles. The fourth-order valence-corrected chi connectivity index (χ4v) is 2.31. The molecular formula is C14H21N3O3. The summed E-state index contributed by atoms with van der Waals surface area (Å²) in [5, 5.41) is 4.06. The van der Waals surface area contributed by atoms with Crippen molar-refractivity contribution in [1.29, 1.82) is 0 Å². The van der Waals surface area contributed by atoms with E-state index in [-0.39, 0.29) is 12.1 Å². The number of hydrogen-bond acceptors (Lipinski definition) is 5. The van der Waals surface area contributed by atoms with E-state index in [1.165, 1.54) is 0 Å². The van der Waals surface area contributed by atoms with Crippen molar-refractivity contribution >= 4 is 11.7 Å². The van der Waals surface area contributed by atoms with Crippen molar-refractivity contribution in [2.45, 2.75) is 33.2 Å². The van der Waals surface area contributed by atoms with Gasteiger partial charge < -0.3 is 9.64 Å². The minimum absolute atomic E-state index is 0.135. The maximum Gasteiger partial charge on any atom is 0.327 e. The Balaban J connectivity index is 2.06. The lowest BCUT2D eigenvalue weighted by Gasteiger charge is -2.31. The number of anilines is 1. The number of carbonyl (C=O) groups excluding carboxylic acids is 1. The van der Waals surface area contributed by atoms with Gasteiger partial charge in [-0.05, 0) is 25.7 Å². The molecule has 1 aliphatic rings. The van der Waals surface area contributed by atoms with Crippen LogP contribution in [0, 0.1) is 5.92 Å². The van der Waals surface area contributed by atoms with Crippen LogP contribution in [-0.2, 0) is 16.1 Å². The predicted molar refractivity (Wildman–Crippen MR) is 75.7 cm³/mol. The zero-order valence-corrected chi connectivity index (χ0v) is 12.0. The van der Waals surface area contributed by atoms with Crippen LogP contribution in [0.2, 0.25) is 0 Å². The van der Waals surface area contributed by atoms with Crippen LogP contribution in [0.15, 0.2) is 17.1 Å². The number of carbonyl (C=O) groups is 1. The van der Waals surface area contributed by atoms with Gasteiger partial charge in [0.1, 0.15) is 6.54 Å². The summed E-state index contributed by atoms with van der Waals surface area (Å²) in [6.07, 6.45) is 3.91. The molecular weight excluding hydrogens is 258 g/mol. The van der Waals surface area contributed by atoms with Crippen LogP contribution in [0.25, 0.3) is 0 Å². The van der Waals surface area contributed by atoms with Crippen LogP contribution in [0.4, 0.5) is 5.69 Å². The van der Waals surface area contributed by atoms with Crippen molar-refractivity contribution in [1.82, 2.24) is 9.78 Å². The summed E-state index contributed by atoms with van der Waals surface area (Å²) >= 11 is 0. The van der Waals surface area contributed by atoms with Gasteiger partial charge in [-0.1, -0.05) is 6.92 Å². The number of piperidine rings is 1. The SMILES string of the molecule is CCOC(=O)Cn1ncc(N2CCC(C)CC2)cc1=O. The highest BCUT2D eigenvalue weighted by Gasteiger charge is 2.17. The molecule has 1 aromatic heterocycles. The Hall–Kier alpha value is -1.85. The molecule has 6 heteroatoms. The first-order chi connectivity index (χ1) is 9.60. The van der Waals surface area contributed by atoms with Gasteiger partial charge >= 0.3 is 5.97 Å². The van der Waals surface area contributed by atoms with Crippen LogP contribution in [0.1, 0.15) is 26.7 Å². The Morgan fingerprint density at radius 1 is 1.45 bits per heavy atom. The molecule has 2 rings (SSSR count). The van der Waals surface area contributed by atoms with E-state index >= 15 is 0 Å². The second-order valence-corrected chi connectivity index (χ2v) is 5.18. The lowest BCUT2D eigenvalue weighted by atomic mass is 9.99. The maximum absolute atomic E-state index is 12.0. The molecule has 0 unspecified atom stereocenters. The summed E-state index contributed by atoms with van der Waals surface area (Å²) in [4.78, 5) is 25.5. The van der Waals surface area contributed by atoms with Gasteiger partial charge in [0.15, 0.2) is 0 Å². The van der Waals surface area contributed by atoms with Crippen molar-refractivity contribution in [3.05, 3.63) is 22.6 Å². The molecule has 1 saturated heterocycles. The minimum Gasteiger partial charge on any atom is -0.465 e. The molecule has 0 amide bonds. The molecule has 0 atom stereocenters. The molecule has 0 spiro atoms. The van der Waals surface area contributed by atoms with E-state index in [1.54, 1.807) is 19.2 Å². The third-order valence-corrected chi connectivity index (χ3v) is 3.59. The molecule has 0 radical (unpaired) electrons. The fraction of sp³-hybridized carbons (Fsp3) is 0.643. The summed E-state index contributed by atoms with van der Waals surface area (Å²) in [5.41, 5.74) is 0.566. The Labute approximate surface area is 118 Å². The third kappa shape index (κ3) is 3.59. The Morgan fingerprint density at radius 3 is 2.75 bits per heavy atom. The molecule has 0 aliphatic carbocycles. The number of hydrogen-bond donors (Lipinski definition) is 0. The summed E-state index contributed by atoms with van der Waals surface area (Å²) in [5.74, 6) is 0.296. The third-order valence-electron chi connectivity index (χ3n) is 3.59. The maximum atomic E-state index is 12.0. The normalized spacial score (nSPS) is 16.2. The van der Waals surface area contributed by atoms with E-state index in [1.807, 2.05) is 0 Å². The molecule has 20 heavy (non-hydrogen) atoms. The second kappa shape index (κ2) is 6.54. The van der Waals surface area contributed by atoms with Gasteiger partial charge in [-0.2, -0.15) is 5.10 Å². The molecule has 1 aromatic rings. The largest absolute Gasteiger partial charge is 0.465 e. The van der Waals surface area contributed by atoms with Gasteiger partial charge in [0.25, 0.3) is 5.56 Å². The molecule has 6 nitrogen and oxygen atoms in total. The average Bonchev–Trinajstić information content (AvgIpc) is 2.42. The van der Waals surface area contributed by atoms with Gasteiger partial charge in [-0.25, -0.2) is 4.68 Å². The number of aromatic nitrogens is 2. The first-order valence-electron chi connectivity index (χ1n) is 7.08. The molecule has 0 bridgehead atoms. The van der Waals surface area contributed by atoms with E-state index in [9.17, 15) is 9.59 Å². The topological polar surface area (TPSA) is 64.4 Å². The van der Waals surface area contributed by atoms with Crippen LogP contribution < -0.4 is 10.5 Å². The van der Waals surface area contributed by atoms with E-state index in [2.05, 4.69) is 16.9 Å². The van der Waals surface area contributed by atoms with Crippen LogP contribution in [-0.4, -0.2) is 35.4 Å². The van der Waals surface area contributed by atoms with Gasteiger partial charge in [-0.15, -0.1) is 0 Å². The first-order valence-corrected chi connectivity index (χ1v) is 7.08. The Morgan fingerprint density at radius 2 is 2.15 bits per heavy atom. The van der Waals surface area contributed by atoms with Crippen LogP contribution in [0.5, 0.6) is 0 Å². The smallest absolute Gasteiger partial charge is 0.327 e. The van der Waals surface area contributed by atoms with E-state index < -0.39 is 5.97 Å². The summed E-state index contributed by atoms with van der Waals surface area (Å²) in [6, 6.07) is 1.54. The summed E-state index contributed by atoms with van der Waals surface area (Å²) < 4.78 is 5.94. The minimum atomic E-state index is -0.443.